The molecule has 0 unspecified atom stereocenters. The van der Waals surface area contributed by atoms with Crippen LogP contribution in [0.1, 0.15) is 0 Å². The van der Waals surface area contributed by atoms with Crippen molar-refractivity contribution in [1.82, 2.24) is 0 Å². The van der Waals surface area contributed by atoms with Gasteiger partial charge in [0.2, 0.25) is 0 Å². The molecule has 0 heterocycles. The van der Waals surface area contributed by atoms with E-state index in [-0.39, 0.29) is 40.9 Å². The second-order valence-corrected chi connectivity index (χ2v) is 6.64. The van der Waals surface area contributed by atoms with Crippen LogP contribution in [-0.2, 0) is 0 Å². The Labute approximate surface area is 156 Å². The van der Waals surface area contributed by atoms with E-state index < -0.39 is 0 Å². The molecule has 2 rings (SSSR count). The summed E-state index contributed by atoms with van der Waals surface area (Å²) in [6.45, 7) is 0. The molecule has 21 heavy (non-hydrogen) atoms. The molecule has 8 heteroatoms. The lowest BCUT2D eigenvalue weighted by molar-refractivity contribution is 0.415. The van der Waals surface area contributed by atoms with Gasteiger partial charge in [-0.2, -0.15) is 0 Å². The van der Waals surface area contributed by atoms with Gasteiger partial charge in [-0.15, -0.1) is 0 Å². The van der Waals surface area contributed by atoms with Gasteiger partial charge in [0, 0.05) is 11.1 Å². The highest BCUT2D eigenvalue weighted by atomic mass is 35.5. The number of hydrogen-bond acceptors (Lipinski definition) is 1. The first kappa shape index (κ1) is 17.6. The minimum absolute atomic E-state index is 0.163. The zero-order valence-electron chi connectivity index (χ0n) is 10.2. The average molecular weight is 425 g/mol. The topological polar surface area (TPSA) is 9.23 Å². The van der Waals surface area contributed by atoms with Crippen LogP contribution in [0.25, 0.3) is 11.1 Å². The molecule has 0 radical (unpaired) electrons. The Balaban J connectivity index is 2.86. The molecule has 0 aliphatic heterocycles. The minimum atomic E-state index is 0.163. The van der Waals surface area contributed by atoms with E-state index >= 15 is 0 Å². The molecular formula is C13H5Cl7O. The molecule has 0 atom stereocenters. The molecule has 0 spiro atoms. The molecule has 0 saturated carbocycles. The van der Waals surface area contributed by atoms with Crippen molar-refractivity contribution in [3.63, 3.8) is 0 Å². The third kappa shape index (κ3) is 3.16. The van der Waals surface area contributed by atoms with E-state index in [1.807, 2.05) is 0 Å². The third-order valence-corrected chi connectivity index (χ3v) is 5.41. The van der Waals surface area contributed by atoms with Crippen molar-refractivity contribution in [3.05, 3.63) is 47.3 Å². The molecule has 0 fully saturated rings. The third-order valence-electron chi connectivity index (χ3n) is 2.70. The lowest BCUT2D eigenvalue weighted by Gasteiger charge is -2.15. The SMILES string of the molecule is COc1c(Cl)c(Cl)cc(-c2c(Cl)cc(Cl)c(Cl)c2Cl)c1Cl. The highest BCUT2D eigenvalue weighted by Gasteiger charge is 2.22. The fourth-order valence-corrected chi connectivity index (χ4v) is 3.66. The molecule has 0 aliphatic carbocycles. The van der Waals surface area contributed by atoms with Gasteiger partial charge >= 0.3 is 0 Å². The van der Waals surface area contributed by atoms with Gasteiger partial charge in [-0.3, -0.25) is 0 Å². The number of benzene rings is 2. The van der Waals surface area contributed by atoms with Crippen molar-refractivity contribution in [3.8, 4) is 16.9 Å². The summed E-state index contributed by atoms with van der Waals surface area (Å²) in [6, 6.07) is 3.00. The molecule has 0 N–H and O–H groups in total. The molecule has 0 aliphatic rings. The number of ether oxygens (including phenoxy) is 1. The highest BCUT2D eigenvalue weighted by molar-refractivity contribution is 6.52. The van der Waals surface area contributed by atoms with Crippen LogP contribution in [0.15, 0.2) is 12.1 Å². The summed E-state index contributed by atoms with van der Waals surface area (Å²) in [5.74, 6) is 0.221. The zero-order valence-corrected chi connectivity index (χ0v) is 15.5. The van der Waals surface area contributed by atoms with E-state index in [0.29, 0.717) is 11.1 Å². The minimum Gasteiger partial charge on any atom is -0.494 e. The van der Waals surface area contributed by atoms with E-state index in [1.165, 1.54) is 19.2 Å². The molecule has 112 valence electrons. The summed E-state index contributed by atoms with van der Waals surface area (Å²) in [4.78, 5) is 0. The fourth-order valence-electron chi connectivity index (χ4n) is 1.75. The lowest BCUT2D eigenvalue weighted by Crippen LogP contribution is -1.92. The Morgan fingerprint density at radius 3 is 1.81 bits per heavy atom. The molecule has 0 bridgehead atoms. The van der Waals surface area contributed by atoms with Crippen molar-refractivity contribution in [2.75, 3.05) is 7.11 Å². The molecule has 0 saturated heterocycles. The summed E-state index contributed by atoms with van der Waals surface area (Å²) in [6.07, 6.45) is 0. The smallest absolute Gasteiger partial charge is 0.158 e. The maximum Gasteiger partial charge on any atom is 0.158 e. The summed E-state index contributed by atoms with van der Waals surface area (Å²) in [5, 5.41) is 1.49. The summed E-state index contributed by atoms with van der Waals surface area (Å²) in [7, 11) is 1.42. The number of hydrogen-bond donors (Lipinski definition) is 0. The standard InChI is InChI=1S/C13H5Cl7O/c1-21-13-9(17)4(2-6(15)11(13)19)8-5(14)3-7(16)10(18)12(8)20/h2-3H,1H3. The predicted octanol–water partition coefficient (Wildman–Crippen LogP) is 7.94. The van der Waals surface area contributed by atoms with Crippen LogP contribution in [-0.4, -0.2) is 7.11 Å². The van der Waals surface area contributed by atoms with Crippen LogP contribution in [0.3, 0.4) is 0 Å². The van der Waals surface area contributed by atoms with Gasteiger partial charge in [0.1, 0.15) is 5.02 Å². The molecule has 1 nitrogen and oxygen atoms in total. The van der Waals surface area contributed by atoms with Crippen LogP contribution in [0, 0.1) is 0 Å². The molecule has 2 aromatic rings. The van der Waals surface area contributed by atoms with Gasteiger partial charge in [0.25, 0.3) is 0 Å². The Morgan fingerprint density at radius 1 is 0.667 bits per heavy atom. The van der Waals surface area contributed by atoms with Gasteiger partial charge in [-0.1, -0.05) is 81.2 Å². The van der Waals surface area contributed by atoms with E-state index in [0.717, 1.165) is 0 Å². The maximum atomic E-state index is 6.30. The zero-order chi connectivity index (χ0) is 15.9. The molecular weight excluding hydrogens is 420 g/mol. The van der Waals surface area contributed by atoms with E-state index in [2.05, 4.69) is 0 Å². The van der Waals surface area contributed by atoms with E-state index in [9.17, 15) is 0 Å². The Kier molecular flexibility index (Phi) is 5.71. The monoisotopic (exact) mass is 422 g/mol. The van der Waals surface area contributed by atoms with Crippen LogP contribution in [0.2, 0.25) is 35.2 Å². The van der Waals surface area contributed by atoms with Gasteiger partial charge in [0.05, 0.1) is 37.2 Å². The lowest BCUT2D eigenvalue weighted by atomic mass is 10.0. The summed E-state index contributed by atoms with van der Waals surface area (Å²) < 4.78 is 5.16. The first-order valence-electron chi connectivity index (χ1n) is 5.34. The van der Waals surface area contributed by atoms with Crippen molar-refractivity contribution in [1.29, 1.82) is 0 Å². The van der Waals surface area contributed by atoms with Crippen LogP contribution in [0.4, 0.5) is 0 Å². The quantitative estimate of drug-likeness (QED) is 0.351. The van der Waals surface area contributed by atoms with Gasteiger partial charge in [-0.05, 0) is 12.1 Å². The van der Waals surface area contributed by atoms with Crippen LogP contribution in [0.5, 0.6) is 5.75 Å². The average Bonchev–Trinajstić information content (AvgIpc) is 2.42. The summed E-state index contributed by atoms with van der Waals surface area (Å²) >= 11 is 42.8. The Hall–Kier alpha value is 0.270. The molecule has 2 aromatic carbocycles. The van der Waals surface area contributed by atoms with Crippen LogP contribution < -0.4 is 4.74 Å². The molecule has 0 aromatic heterocycles. The van der Waals surface area contributed by atoms with Crippen molar-refractivity contribution in [2.45, 2.75) is 0 Å². The van der Waals surface area contributed by atoms with Crippen molar-refractivity contribution >= 4 is 81.2 Å². The normalized spacial score (nSPS) is 10.9. The van der Waals surface area contributed by atoms with Crippen LogP contribution >= 0.6 is 81.2 Å². The van der Waals surface area contributed by atoms with E-state index in [4.69, 9.17) is 85.9 Å². The highest BCUT2D eigenvalue weighted by Crippen LogP contribution is 2.50. The largest absolute Gasteiger partial charge is 0.494 e. The van der Waals surface area contributed by atoms with Gasteiger partial charge in [-0.25, -0.2) is 0 Å². The maximum absolute atomic E-state index is 6.30. The number of methoxy groups -OCH3 is 1. The van der Waals surface area contributed by atoms with Gasteiger partial charge in [0.15, 0.2) is 5.75 Å². The second kappa shape index (κ2) is 6.80. The van der Waals surface area contributed by atoms with Crippen molar-refractivity contribution < 1.29 is 4.74 Å². The first-order valence-corrected chi connectivity index (χ1v) is 7.99. The first-order chi connectivity index (χ1) is 9.79. The fraction of sp³-hybridized carbons (Fsp3) is 0.0769. The summed E-state index contributed by atoms with van der Waals surface area (Å²) in [5.41, 5.74) is 0.839. The van der Waals surface area contributed by atoms with E-state index in [1.54, 1.807) is 0 Å². The number of halogens is 7. The van der Waals surface area contributed by atoms with Gasteiger partial charge < -0.3 is 4.74 Å². The number of rotatable bonds is 2. The Bertz CT molecular complexity index is 727. The Morgan fingerprint density at radius 2 is 1.24 bits per heavy atom. The van der Waals surface area contributed by atoms with Crippen molar-refractivity contribution in [2.24, 2.45) is 0 Å². The predicted molar refractivity (Wildman–Crippen MR) is 93.5 cm³/mol. The second-order valence-electron chi connectivity index (χ2n) is 3.91. The molecule has 0 amide bonds.